The molecule has 0 radical (unpaired) electrons. The van der Waals surface area contributed by atoms with Gasteiger partial charge in [0.05, 0.1) is 31.6 Å². The van der Waals surface area contributed by atoms with E-state index in [1.807, 2.05) is 49.4 Å². The average molecular weight is 438 g/mol. The minimum atomic E-state index is -0.0890. The molecule has 162 valence electrons. The highest BCUT2D eigenvalue weighted by molar-refractivity contribution is 7.17. The second-order valence-corrected chi connectivity index (χ2v) is 8.64. The first-order chi connectivity index (χ1) is 15.1. The van der Waals surface area contributed by atoms with Gasteiger partial charge in [0.2, 0.25) is 0 Å². The molecule has 0 spiro atoms. The zero-order valence-corrected chi connectivity index (χ0v) is 18.6. The number of nitrogens with zero attached hydrogens (tertiary/aromatic N) is 1. The van der Waals surface area contributed by atoms with Crippen LogP contribution in [0.2, 0.25) is 0 Å². The average Bonchev–Trinajstić information content (AvgIpc) is 3.38. The number of aryl methyl sites for hydroxylation is 1. The van der Waals surface area contributed by atoms with Crippen LogP contribution in [-0.4, -0.2) is 30.1 Å². The van der Waals surface area contributed by atoms with Crippen molar-refractivity contribution in [3.63, 3.8) is 0 Å². The molecule has 3 aromatic rings. The Morgan fingerprint density at radius 2 is 2.00 bits per heavy atom. The van der Waals surface area contributed by atoms with Crippen LogP contribution in [0, 0.1) is 6.92 Å². The van der Waals surface area contributed by atoms with Gasteiger partial charge in [-0.25, -0.2) is 4.98 Å². The number of amides is 1. The lowest BCUT2D eigenvalue weighted by Gasteiger charge is -2.21. The van der Waals surface area contributed by atoms with Crippen molar-refractivity contribution in [3.8, 4) is 5.75 Å². The highest BCUT2D eigenvalue weighted by Crippen LogP contribution is 2.29. The molecule has 1 fully saturated rings. The number of aromatic nitrogens is 1. The Labute approximate surface area is 186 Å². The van der Waals surface area contributed by atoms with Gasteiger partial charge in [0.25, 0.3) is 5.91 Å². The van der Waals surface area contributed by atoms with E-state index in [1.165, 1.54) is 11.3 Å². The van der Waals surface area contributed by atoms with E-state index in [-0.39, 0.29) is 18.1 Å². The quantitative estimate of drug-likeness (QED) is 0.515. The van der Waals surface area contributed by atoms with Crippen LogP contribution in [0.15, 0.2) is 54.6 Å². The van der Waals surface area contributed by atoms with E-state index < -0.39 is 0 Å². The second kappa shape index (κ2) is 9.94. The minimum absolute atomic E-state index is 0.0208. The van der Waals surface area contributed by atoms with Crippen LogP contribution < -0.4 is 15.4 Å². The van der Waals surface area contributed by atoms with E-state index >= 15 is 0 Å². The second-order valence-electron chi connectivity index (χ2n) is 7.64. The summed E-state index contributed by atoms with van der Waals surface area (Å²) in [5.74, 6) is 0.674. The Bertz CT molecular complexity index is 1020. The molecule has 0 aliphatic heterocycles. The Morgan fingerprint density at radius 1 is 1.16 bits per heavy atom. The molecule has 1 amide bonds. The van der Waals surface area contributed by atoms with Crippen molar-refractivity contribution in [2.24, 2.45) is 0 Å². The molecule has 1 saturated carbocycles. The molecule has 1 aliphatic carbocycles. The van der Waals surface area contributed by atoms with Crippen molar-refractivity contribution in [2.45, 2.75) is 44.9 Å². The molecular formula is C24H27N3O3S. The standard InChI is InChI=1S/C24H27N3O3S/c1-16-22(31-24(25-16)26-18-10-6-11-19(14-18)29-2)23(28)27-20-12-7-13-21(20)30-15-17-8-4-3-5-9-17/h3-6,8-11,14,20-21H,7,12-13,15H2,1-2H3,(H,25,26)(H,27,28)/t20-,21-/m0/s1. The molecule has 6 nitrogen and oxygen atoms in total. The third kappa shape index (κ3) is 5.42. The molecular weight excluding hydrogens is 410 g/mol. The molecule has 0 bridgehead atoms. The van der Waals surface area contributed by atoms with Gasteiger partial charge in [-0.1, -0.05) is 47.7 Å². The molecule has 2 aromatic carbocycles. The fraction of sp³-hybridized carbons (Fsp3) is 0.333. The Kier molecular flexibility index (Phi) is 6.84. The first kappa shape index (κ1) is 21.3. The number of rotatable bonds is 8. The largest absolute Gasteiger partial charge is 0.497 e. The van der Waals surface area contributed by atoms with Crippen LogP contribution in [0.1, 0.15) is 40.2 Å². The number of nitrogens with one attached hydrogen (secondary N) is 2. The van der Waals surface area contributed by atoms with Crippen LogP contribution in [0.5, 0.6) is 5.75 Å². The van der Waals surface area contributed by atoms with Crippen molar-refractivity contribution in [1.29, 1.82) is 0 Å². The van der Waals surface area contributed by atoms with E-state index in [2.05, 4.69) is 27.8 Å². The number of hydrogen-bond donors (Lipinski definition) is 2. The summed E-state index contributed by atoms with van der Waals surface area (Å²) < 4.78 is 11.4. The SMILES string of the molecule is COc1cccc(Nc2nc(C)c(C(=O)N[C@H]3CCC[C@@H]3OCc3ccccc3)s2)c1. The number of thiazole rings is 1. The number of benzene rings is 2. The van der Waals surface area contributed by atoms with Crippen molar-refractivity contribution in [1.82, 2.24) is 10.3 Å². The molecule has 1 aliphatic rings. The topological polar surface area (TPSA) is 72.5 Å². The van der Waals surface area contributed by atoms with Gasteiger partial charge in [-0.3, -0.25) is 4.79 Å². The van der Waals surface area contributed by atoms with E-state index in [0.717, 1.165) is 36.3 Å². The van der Waals surface area contributed by atoms with Gasteiger partial charge in [-0.2, -0.15) is 0 Å². The summed E-state index contributed by atoms with van der Waals surface area (Å²) in [6.07, 6.45) is 2.97. The molecule has 2 N–H and O–H groups in total. The molecule has 4 rings (SSSR count). The molecule has 0 unspecified atom stereocenters. The van der Waals surface area contributed by atoms with E-state index in [1.54, 1.807) is 7.11 Å². The first-order valence-electron chi connectivity index (χ1n) is 10.5. The van der Waals surface area contributed by atoms with Gasteiger partial charge in [-0.15, -0.1) is 0 Å². The third-order valence-corrected chi connectivity index (χ3v) is 6.47. The van der Waals surface area contributed by atoms with Crippen LogP contribution in [0.25, 0.3) is 0 Å². The van der Waals surface area contributed by atoms with Crippen molar-refractivity contribution in [2.75, 3.05) is 12.4 Å². The van der Waals surface area contributed by atoms with E-state index in [4.69, 9.17) is 9.47 Å². The maximum atomic E-state index is 13.0. The number of anilines is 2. The van der Waals surface area contributed by atoms with Gasteiger partial charge in [0.15, 0.2) is 5.13 Å². The zero-order chi connectivity index (χ0) is 21.6. The first-order valence-corrected chi connectivity index (χ1v) is 11.3. The number of carbonyl (C=O) groups is 1. The molecule has 7 heteroatoms. The van der Waals surface area contributed by atoms with Gasteiger partial charge in [-0.05, 0) is 43.9 Å². The molecule has 0 saturated heterocycles. The lowest BCUT2D eigenvalue weighted by Crippen LogP contribution is -2.41. The fourth-order valence-corrected chi connectivity index (χ4v) is 4.68. The summed E-state index contributed by atoms with van der Waals surface area (Å²) >= 11 is 1.35. The summed E-state index contributed by atoms with van der Waals surface area (Å²) in [7, 11) is 1.63. The van der Waals surface area contributed by atoms with Crippen LogP contribution in [-0.2, 0) is 11.3 Å². The van der Waals surface area contributed by atoms with E-state index in [0.29, 0.717) is 22.3 Å². The Balaban J connectivity index is 1.37. The maximum Gasteiger partial charge on any atom is 0.263 e. The predicted molar refractivity (Wildman–Crippen MR) is 123 cm³/mol. The van der Waals surface area contributed by atoms with Crippen LogP contribution in [0.3, 0.4) is 0 Å². The fourth-order valence-electron chi connectivity index (χ4n) is 3.79. The van der Waals surface area contributed by atoms with Gasteiger partial charge >= 0.3 is 0 Å². The maximum absolute atomic E-state index is 13.0. The number of hydrogen-bond acceptors (Lipinski definition) is 6. The molecule has 1 aromatic heterocycles. The Hall–Kier alpha value is -2.90. The highest BCUT2D eigenvalue weighted by atomic mass is 32.1. The number of methoxy groups -OCH3 is 1. The number of carbonyl (C=O) groups excluding carboxylic acids is 1. The van der Waals surface area contributed by atoms with Crippen molar-refractivity contribution < 1.29 is 14.3 Å². The molecule has 2 atom stereocenters. The zero-order valence-electron chi connectivity index (χ0n) is 17.8. The molecule has 1 heterocycles. The lowest BCUT2D eigenvalue weighted by molar-refractivity contribution is 0.0272. The summed E-state index contributed by atoms with van der Waals surface area (Å²) in [5, 5.41) is 7.11. The number of ether oxygens (including phenoxy) is 2. The van der Waals surface area contributed by atoms with E-state index in [9.17, 15) is 4.79 Å². The van der Waals surface area contributed by atoms with Gasteiger partial charge in [0.1, 0.15) is 10.6 Å². The molecule has 31 heavy (non-hydrogen) atoms. The Morgan fingerprint density at radius 3 is 2.81 bits per heavy atom. The van der Waals surface area contributed by atoms with Crippen molar-refractivity contribution in [3.05, 3.63) is 70.7 Å². The smallest absolute Gasteiger partial charge is 0.263 e. The van der Waals surface area contributed by atoms with Crippen LogP contribution in [0.4, 0.5) is 10.8 Å². The third-order valence-electron chi connectivity index (χ3n) is 5.40. The lowest BCUT2D eigenvalue weighted by atomic mass is 10.2. The highest BCUT2D eigenvalue weighted by Gasteiger charge is 2.30. The minimum Gasteiger partial charge on any atom is -0.497 e. The summed E-state index contributed by atoms with van der Waals surface area (Å²) in [6.45, 7) is 2.42. The monoisotopic (exact) mass is 437 g/mol. The van der Waals surface area contributed by atoms with Crippen LogP contribution >= 0.6 is 11.3 Å². The summed E-state index contributed by atoms with van der Waals surface area (Å²) in [5.41, 5.74) is 2.73. The predicted octanol–water partition coefficient (Wildman–Crippen LogP) is 5.07. The summed E-state index contributed by atoms with van der Waals surface area (Å²) in [6, 6.07) is 17.8. The van der Waals surface area contributed by atoms with Crippen molar-refractivity contribution >= 4 is 28.1 Å². The van der Waals surface area contributed by atoms with Gasteiger partial charge in [0, 0.05) is 11.8 Å². The normalized spacial score (nSPS) is 18.0. The van der Waals surface area contributed by atoms with Gasteiger partial charge < -0.3 is 20.1 Å². The summed E-state index contributed by atoms with van der Waals surface area (Å²) in [4.78, 5) is 18.1.